The molecule has 0 radical (unpaired) electrons. The molecule has 2 N–H and O–H groups in total. The van der Waals surface area contributed by atoms with E-state index in [-0.39, 0.29) is 21.0 Å². The molecule has 2 aromatic carbocycles. The lowest BCUT2D eigenvalue weighted by molar-refractivity contribution is 0.0601. The number of carbonyl (C=O) groups excluding carboxylic acids is 3. The number of thiophene rings is 1. The fourth-order valence-electron chi connectivity index (χ4n) is 2.81. The topological polar surface area (TPSA) is 84.5 Å². The van der Waals surface area contributed by atoms with Gasteiger partial charge in [-0.2, -0.15) is 0 Å². The van der Waals surface area contributed by atoms with Crippen LogP contribution in [0.3, 0.4) is 0 Å². The van der Waals surface area contributed by atoms with E-state index in [0.29, 0.717) is 11.3 Å². The summed E-state index contributed by atoms with van der Waals surface area (Å²) in [5, 5.41) is 5.41. The molecule has 0 unspecified atom stereocenters. The van der Waals surface area contributed by atoms with Gasteiger partial charge < -0.3 is 15.4 Å². The smallest absolute Gasteiger partial charge is 0.341 e. The average Bonchev–Trinajstić information content (AvgIpc) is 3.05. The lowest BCUT2D eigenvalue weighted by Gasteiger charge is -2.06. The molecular formula is C22H19FN2O4S. The molecule has 8 heteroatoms. The number of methoxy groups -OCH3 is 1. The van der Waals surface area contributed by atoms with Gasteiger partial charge in [0, 0.05) is 5.69 Å². The first-order valence-corrected chi connectivity index (χ1v) is 9.79. The Morgan fingerprint density at radius 2 is 1.60 bits per heavy atom. The number of esters is 1. The summed E-state index contributed by atoms with van der Waals surface area (Å²) in [4.78, 5) is 37.8. The lowest BCUT2D eigenvalue weighted by atomic mass is 10.1. The Hall–Kier alpha value is -3.52. The molecule has 0 fully saturated rings. The summed E-state index contributed by atoms with van der Waals surface area (Å²) in [6, 6.07) is 12.7. The Morgan fingerprint density at radius 1 is 0.933 bits per heavy atom. The van der Waals surface area contributed by atoms with Crippen molar-refractivity contribution in [3.05, 3.63) is 81.5 Å². The largest absolute Gasteiger partial charge is 0.465 e. The summed E-state index contributed by atoms with van der Waals surface area (Å²) < 4.78 is 18.7. The number of hydrogen-bond donors (Lipinski definition) is 2. The highest BCUT2D eigenvalue weighted by Gasteiger charge is 2.27. The van der Waals surface area contributed by atoms with Crippen LogP contribution in [0.5, 0.6) is 0 Å². The van der Waals surface area contributed by atoms with E-state index in [0.717, 1.165) is 23.0 Å². The SMILES string of the molecule is COC(=O)c1c(NC(=O)c2ccccc2F)sc(C(=O)Nc2ccc(C)cc2)c1C. The number of ether oxygens (including phenoxy) is 1. The summed E-state index contributed by atoms with van der Waals surface area (Å²) in [6.07, 6.45) is 0. The van der Waals surface area contributed by atoms with Crippen LogP contribution in [0.4, 0.5) is 15.1 Å². The van der Waals surface area contributed by atoms with Crippen molar-refractivity contribution in [2.75, 3.05) is 17.7 Å². The molecule has 0 aliphatic rings. The molecule has 3 rings (SSSR count). The normalized spacial score (nSPS) is 10.4. The van der Waals surface area contributed by atoms with Crippen LogP contribution in [0.2, 0.25) is 0 Å². The monoisotopic (exact) mass is 426 g/mol. The van der Waals surface area contributed by atoms with Crippen LogP contribution in [0.25, 0.3) is 0 Å². The zero-order chi connectivity index (χ0) is 21.8. The molecule has 154 valence electrons. The molecule has 0 saturated heterocycles. The van der Waals surface area contributed by atoms with Gasteiger partial charge in [0.2, 0.25) is 0 Å². The molecule has 0 atom stereocenters. The fourth-order valence-corrected chi connectivity index (χ4v) is 3.89. The molecule has 6 nitrogen and oxygen atoms in total. The number of nitrogens with one attached hydrogen (secondary N) is 2. The third-order valence-electron chi connectivity index (χ3n) is 4.40. The van der Waals surface area contributed by atoms with E-state index < -0.39 is 23.6 Å². The summed E-state index contributed by atoms with van der Waals surface area (Å²) in [5.41, 5.74) is 1.88. The molecule has 1 aromatic heterocycles. The fraction of sp³-hybridized carbons (Fsp3) is 0.136. The molecular weight excluding hydrogens is 407 g/mol. The van der Waals surface area contributed by atoms with E-state index in [1.54, 1.807) is 19.1 Å². The highest BCUT2D eigenvalue weighted by molar-refractivity contribution is 7.19. The van der Waals surface area contributed by atoms with Crippen molar-refractivity contribution < 1.29 is 23.5 Å². The van der Waals surface area contributed by atoms with Crippen LogP contribution >= 0.6 is 11.3 Å². The first-order chi connectivity index (χ1) is 14.3. The number of rotatable bonds is 5. The summed E-state index contributed by atoms with van der Waals surface area (Å²) in [5.74, 6) is -2.56. The Morgan fingerprint density at radius 3 is 2.23 bits per heavy atom. The third-order valence-corrected chi connectivity index (χ3v) is 5.60. The predicted molar refractivity (Wildman–Crippen MR) is 114 cm³/mol. The second-order valence-electron chi connectivity index (χ2n) is 6.51. The van der Waals surface area contributed by atoms with Crippen LogP contribution in [-0.4, -0.2) is 24.9 Å². The van der Waals surface area contributed by atoms with Crippen molar-refractivity contribution >= 4 is 39.8 Å². The van der Waals surface area contributed by atoms with Gasteiger partial charge in [0.25, 0.3) is 11.8 Å². The number of benzene rings is 2. The van der Waals surface area contributed by atoms with Gasteiger partial charge in [0.1, 0.15) is 10.8 Å². The maximum absolute atomic E-state index is 13.9. The zero-order valence-electron chi connectivity index (χ0n) is 16.5. The van der Waals surface area contributed by atoms with Crippen LogP contribution < -0.4 is 10.6 Å². The van der Waals surface area contributed by atoms with Gasteiger partial charge in [0.15, 0.2) is 0 Å². The Kier molecular flexibility index (Phi) is 6.27. The van der Waals surface area contributed by atoms with Crippen molar-refractivity contribution in [1.82, 2.24) is 0 Å². The van der Waals surface area contributed by atoms with Gasteiger partial charge in [-0.05, 0) is 43.7 Å². The van der Waals surface area contributed by atoms with Crippen LogP contribution in [0.1, 0.15) is 41.5 Å². The Labute approximate surface area is 176 Å². The predicted octanol–water partition coefficient (Wildman–Crippen LogP) is 4.80. The third kappa shape index (κ3) is 4.38. The quantitative estimate of drug-likeness (QED) is 0.574. The molecule has 0 aliphatic heterocycles. The van der Waals surface area contributed by atoms with Crippen LogP contribution in [0.15, 0.2) is 48.5 Å². The maximum Gasteiger partial charge on any atom is 0.341 e. The minimum Gasteiger partial charge on any atom is -0.465 e. The van der Waals surface area contributed by atoms with E-state index >= 15 is 0 Å². The number of hydrogen-bond acceptors (Lipinski definition) is 5. The van der Waals surface area contributed by atoms with E-state index in [9.17, 15) is 18.8 Å². The highest BCUT2D eigenvalue weighted by Crippen LogP contribution is 2.34. The summed E-state index contributed by atoms with van der Waals surface area (Å²) >= 11 is 0.922. The van der Waals surface area contributed by atoms with Crippen LogP contribution in [-0.2, 0) is 4.74 Å². The van der Waals surface area contributed by atoms with Crippen molar-refractivity contribution in [2.24, 2.45) is 0 Å². The molecule has 0 spiro atoms. The molecule has 0 aliphatic carbocycles. The van der Waals surface area contributed by atoms with E-state index in [1.165, 1.54) is 25.3 Å². The molecule has 30 heavy (non-hydrogen) atoms. The van der Waals surface area contributed by atoms with Gasteiger partial charge in [-0.3, -0.25) is 9.59 Å². The van der Waals surface area contributed by atoms with Gasteiger partial charge in [-0.1, -0.05) is 29.8 Å². The van der Waals surface area contributed by atoms with Gasteiger partial charge in [-0.15, -0.1) is 11.3 Å². The molecule has 2 amide bonds. The minimum atomic E-state index is -0.731. The van der Waals surface area contributed by atoms with E-state index in [1.807, 2.05) is 19.1 Å². The molecule has 0 saturated carbocycles. The summed E-state index contributed by atoms with van der Waals surface area (Å²) in [6.45, 7) is 3.52. The highest BCUT2D eigenvalue weighted by atomic mass is 32.1. The number of anilines is 2. The van der Waals surface area contributed by atoms with Crippen molar-refractivity contribution in [3.63, 3.8) is 0 Å². The standard InChI is InChI=1S/C22H19FN2O4S/c1-12-8-10-14(11-9-12)24-20(27)18-13(2)17(22(28)29-3)21(30-18)25-19(26)15-6-4-5-7-16(15)23/h4-11H,1-3H3,(H,24,27)(H,25,26). The number of aryl methyl sites for hydroxylation is 1. The van der Waals surface area contributed by atoms with Gasteiger partial charge in [0.05, 0.1) is 23.1 Å². The first-order valence-electron chi connectivity index (χ1n) is 8.97. The van der Waals surface area contributed by atoms with Gasteiger partial charge in [-0.25, -0.2) is 9.18 Å². The van der Waals surface area contributed by atoms with Crippen molar-refractivity contribution in [1.29, 1.82) is 0 Å². The Bertz CT molecular complexity index is 1120. The number of amides is 2. The van der Waals surface area contributed by atoms with Crippen LogP contribution in [0, 0.1) is 19.7 Å². The van der Waals surface area contributed by atoms with E-state index in [2.05, 4.69) is 10.6 Å². The first kappa shape index (κ1) is 21.2. The average molecular weight is 426 g/mol. The molecule has 3 aromatic rings. The van der Waals surface area contributed by atoms with Crippen molar-refractivity contribution in [2.45, 2.75) is 13.8 Å². The number of carbonyl (C=O) groups is 3. The second kappa shape index (κ2) is 8.87. The zero-order valence-corrected chi connectivity index (χ0v) is 17.4. The Balaban J connectivity index is 1.94. The minimum absolute atomic E-state index is 0.0567. The summed E-state index contributed by atoms with van der Waals surface area (Å²) in [7, 11) is 1.20. The number of halogens is 1. The van der Waals surface area contributed by atoms with E-state index in [4.69, 9.17) is 4.74 Å². The molecule has 1 heterocycles. The lowest BCUT2D eigenvalue weighted by Crippen LogP contribution is -2.15. The molecule has 0 bridgehead atoms. The van der Waals surface area contributed by atoms with Crippen molar-refractivity contribution in [3.8, 4) is 0 Å². The second-order valence-corrected chi connectivity index (χ2v) is 7.53. The van der Waals surface area contributed by atoms with Gasteiger partial charge >= 0.3 is 5.97 Å². The maximum atomic E-state index is 13.9.